The number of rotatable bonds is 4. The highest BCUT2D eigenvalue weighted by molar-refractivity contribution is 6.04. The lowest BCUT2D eigenvalue weighted by molar-refractivity contribution is -0.124. The number of ether oxygens (including phenoxy) is 2. The van der Waals surface area contributed by atoms with E-state index in [4.69, 9.17) is 9.47 Å². The van der Waals surface area contributed by atoms with E-state index in [9.17, 15) is 9.59 Å². The Morgan fingerprint density at radius 2 is 2.22 bits per heavy atom. The number of pyridine rings is 1. The first-order valence-corrected chi connectivity index (χ1v) is 7.68. The molecule has 0 unspecified atom stereocenters. The smallest absolute Gasteiger partial charge is 0.359 e. The molecule has 0 aliphatic carbocycles. The van der Waals surface area contributed by atoms with E-state index in [1.165, 1.54) is 0 Å². The van der Waals surface area contributed by atoms with Crippen LogP contribution < -0.4 is 5.32 Å². The minimum Gasteiger partial charge on any atom is -0.461 e. The number of amides is 1. The van der Waals surface area contributed by atoms with Crippen molar-refractivity contribution in [2.75, 3.05) is 18.5 Å². The van der Waals surface area contributed by atoms with Gasteiger partial charge in [-0.3, -0.25) is 4.79 Å². The van der Waals surface area contributed by atoms with Crippen LogP contribution >= 0.6 is 0 Å². The van der Waals surface area contributed by atoms with Crippen molar-refractivity contribution in [1.29, 1.82) is 0 Å². The molecule has 23 heavy (non-hydrogen) atoms. The molecule has 6 nitrogen and oxygen atoms in total. The molecular weight excluding hydrogens is 296 g/mol. The number of hydrogen-bond acceptors (Lipinski definition) is 5. The predicted molar refractivity (Wildman–Crippen MR) is 85.3 cm³/mol. The second kappa shape index (κ2) is 6.75. The number of esters is 1. The molecule has 1 atom stereocenters. The van der Waals surface area contributed by atoms with Crippen LogP contribution in [0.5, 0.6) is 0 Å². The quantitative estimate of drug-likeness (QED) is 0.877. The van der Waals surface area contributed by atoms with Crippen LogP contribution in [-0.4, -0.2) is 36.2 Å². The lowest BCUT2D eigenvalue weighted by atomic mass is 10.1. The maximum Gasteiger partial charge on any atom is 0.359 e. The number of nitrogens with one attached hydrogen (secondary N) is 1. The lowest BCUT2D eigenvalue weighted by Gasteiger charge is -2.14. The van der Waals surface area contributed by atoms with Crippen LogP contribution in [-0.2, 0) is 14.3 Å². The molecule has 1 aromatic carbocycles. The summed E-state index contributed by atoms with van der Waals surface area (Å²) in [6.07, 6.45) is 1.07. The van der Waals surface area contributed by atoms with Crippen LogP contribution in [0, 0.1) is 0 Å². The van der Waals surface area contributed by atoms with Gasteiger partial charge in [0.1, 0.15) is 6.10 Å². The molecule has 0 bridgehead atoms. The van der Waals surface area contributed by atoms with Crippen LogP contribution in [0.3, 0.4) is 0 Å². The summed E-state index contributed by atoms with van der Waals surface area (Å²) in [5.74, 6) is -0.814. The van der Waals surface area contributed by atoms with Crippen molar-refractivity contribution in [3.8, 4) is 0 Å². The van der Waals surface area contributed by atoms with E-state index < -0.39 is 12.1 Å². The molecule has 6 heteroatoms. The largest absolute Gasteiger partial charge is 0.461 e. The van der Waals surface area contributed by atoms with E-state index in [1.54, 1.807) is 13.0 Å². The third-order valence-electron chi connectivity index (χ3n) is 3.67. The summed E-state index contributed by atoms with van der Waals surface area (Å²) in [5, 5.41) is 3.59. The summed E-state index contributed by atoms with van der Waals surface area (Å²) in [5.41, 5.74) is 1.13. The maximum atomic E-state index is 12.3. The minimum atomic E-state index is -0.555. The second-order valence-corrected chi connectivity index (χ2v) is 5.29. The van der Waals surface area contributed by atoms with Crippen molar-refractivity contribution in [3.63, 3.8) is 0 Å². The number of anilines is 1. The summed E-state index contributed by atoms with van der Waals surface area (Å²) in [6.45, 7) is 2.55. The van der Waals surface area contributed by atoms with Crippen molar-refractivity contribution < 1.29 is 19.1 Å². The van der Waals surface area contributed by atoms with Crippen molar-refractivity contribution in [3.05, 3.63) is 36.0 Å². The molecule has 3 rings (SSSR count). The molecule has 0 radical (unpaired) electrons. The Morgan fingerprint density at radius 1 is 1.39 bits per heavy atom. The van der Waals surface area contributed by atoms with Gasteiger partial charge in [-0.25, -0.2) is 9.78 Å². The SMILES string of the molecule is CCOC(=O)c1nc2ccccc2cc1NC(=O)[C@H]1CCCO1. The second-order valence-electron chi connectivity index (χ2n) is 5.29. The number of fused-ring (bicyclic) bond motifs is 1. The topological polar surface area (TPSA) is 77.5 Å². The van der Waals surface area contributed by atoms with E-state index in [0.717, 1.165) is 11.8 Å². The van der Waals surface area contributed by atoms with Crippen LogP contribution in [0.15, 0.2) is 30.3 Å². The highest BCUT2D eigenvalue weighted by Gasteiger charge is 2.26. The average molecular weight is 314 g/mol. The summed E-state index contributed by atoms with van der Waals surface area (Å²) >= 11 is 0. The molecule has 0 spiro atoms. The van der Waals surface area contributed by atoms with Gasteiger partial charge in [0, 0.05) is 12.0 Å². The first-order chi connectivity index (χ1) is 11.2. The molecular formula is C17H18N2O4. The fraction of sp³-hybridized carbons (Fsp3) is 0.353. The monoisotopic (exact) mass is 314 g/mol. The zero-order valence-electron chi connectivity index (χ0n) is 12.9. The zero-order valence-corrected chi connectivity index (χ0v) is 12.9. The molecule has 1 aliphatic heterocycles. The number of para-hydroxylation sites is 1. The molecule has 120 valence electrons. The van der Waals surface area contributed by atoms with Gasteiger partial charge in [0.25, 0.3) is 5.91 Å². The van der Waals surface area contributed by atoms with Crippen molar-refractivity contribution in [1.82, 2.24) is 4.98 Å². The normalized spacial score (nSPS) is 17.2. The Bertz CT molecular complexity index is 738. The number of aromatic nitrogens is 1. The first kappa shape index (κ1) is 15.4. The van der Waals surface area contributed by atoms with Gasteiger partial charge in [0.2, 0.25) is 0 Å². The Balaban J connectivity index is 1.96. The fourth-order valence-corrected chi connectivity index (χ4v) is 2.56. The van der Waals surface area contributed by atoms with Gasteiger partial charge >= 0.3 is 5.97 Å². The Labute approximate surface area is 133 Å². The molecule has 1 fully saturated rings. The van der Waals surface area contributed by atoms with E-state index in [-0.39, 0.29) is 18.2 Å². The van der Waals surface area contributed by atoms with E-state index in [2.05, 4.69) is 10.3 Å². The van der Waals surface area contributed by atoms with Crippen molar-refractivity contribution in [2.45, 2.75) is 25.9 Å². The molecule has 1 aliphatic rings. The number of carbonyl (C=O) groups excluding carboxylic acids is 2. The van der Waals surface area contributed by atoms with Crippen LogP contribution in [0.4, 0.5) is 5.69 Å². The van der Waals surface area contributed by atoms with Gasteiger partial charge in [0.05, 0.1) is 17.8 Å². The van der Waals surface area contributed by atoms with E-state index in [0.29, 0.717) is 24.2 Å². The highest BCUT2D eigenvalue weighted by atomic mass is 16.5. The molecule has 2 heterocycles. The predicted octanol–water partition coefficient (Wildman–Crippen LogP) is 2.53. The number of carbonyl (C=O) groups is 2. The third kappa shape index (κ3) is 3.32. The molecule has 0 saturated carbocycles. The molecule has 2 aromatic rings. The number of benzene rings is 1. The van der Waals surface area contributed by atoms with E-state index in [1.807, 2.05) is 24.3 Å². The van der Waals surface area contributed by atoms with Crippen LogP contribution in [0.2, 0.25) is 0 Å². The zero-order chi connectivity index (χ0) is 16.2. The van der Waals surface area contributed by atoms with Gasteiger partial charge in [0.15, 0.2) is 5.69 Å². The molecule has 1 amide bonds. The lowest BCUT2D eigenvalue weighted by Crippen LogP contribution is -2.28. The van der Waals surface area contributed by atoms with Gasteiger partial charge in [-0.15, -0.1) is 0 Å². The van der Waals surface area contributed by atoms with Gasteiger partial charge in [-0.2, -0.15) is 0 Å². The Morgan fingerprint density at radius 3 is 2.96 bits per heavy atom. The fourth-order valence-electron chi connectivity index (χ4n) is 2.56. The van der Waals surface area contributed by atoms with E-state index >= 15 is 0 Å². The number of hydrogen-bond donors (Lipinski definition) is 1. The highest BCUT2D eigenvalue weighted by Crippen LogP contribution is 2.23. The van der Waals surface area contributed by atoms with Crippen molar-refractivity contribution >= 4 is 28.5 Å². The summed E-state index contributed by atoms with van der Waals surface area (Å²) in [7, 11) is 0. The summed E-state index contributed by atoms with van der Waals surface area (Å²) in [6, 6.07) is 9.14. The van der Waals surface area contributed by atoms with Crippen LogP contribution in [0.25, 0.3) is 10.9 Å². The summed E-state index contributed by atoms with van der Waals surface area (Å²) < 4.78 is 10.4. The molecule has 1 aromatic heterocycles. The summed E-state index contributed by atoms with van der Waals surface area (Å²) in [4.78, 5) is 28.8. The maximum absolute atomic E-state index is 12.3. The van der Waals surface area contributed by atoms with Crippen molar-refractivity contribution in [2.24, 2.45) is 0 Å². The molecule has 1 saturated heterocycles. The Kier molecular flexibility index (Phi) is 4.52. The Hall–Kier alpha value is -2.47. The average Bonchev–Trinajstić information content (AvgIpc) is 3.09. The minimum absolute atomic E-state index is 0.108. The first-order valence-electron chi connectivity index (χ1n) is 7.68. The number of nitrogens with zero attached hydrogens (tertiary/aromatic N) is 1. The third-order valence-corrected chi connectivity index (χ3v) is 3.67. The standard InChI is InChI=1S/C17H18N2O4/c1-2-22-17(21)15-13(19-16(20)14-8-5-9-23-14)10-11-6-3-4-7-12(11)18-15/h3-4,6-7,10,14H,2,5,8-9H2,1H3,(H,19,20)/t14-/m1/s1. The van der Waals surface area contributed by atoms with Gasteiger partial charge in [-0.05, 0) is 31.9 Å². The van der Waals surface area contributed by atoms with Gasteiger partial charge in [-0.1, -0.05) is 18.2 Å². The van der Waals surface area contributed by atoms with Gasteiger partial charge < -0.3 is 14.8 Å². The molecule has 1 N–H and O–H groups in total. The van der Waals surface area contributed by atoms with Crippen LogP contribution in [0.1, 0.15) is 30.3 Å².